The predicted molar refractivity (Wildman–Crippen MR) is 88.5 cm³/mol. The number of nitrogens with zero attached hydrogens (tertiary/aromatic N) is 2. The average Bonchev–Trinajstić information content (AvgIpc) is 2.46. The van der Waals surface area contributed by atoms with Gasteiger partial charge in [-0.3, -0.25) is 4.79 Å². The van der Waals surface area contributed by atoms with Crippen molar-refractivity contribution in [2.45, 2.75) is 38.5 Å². The molecule has 0 aliphatic heterocycles. The number of amides is 1. The molecule has 0 bridgehead atoms. The SMILES string of the molecule is CCCN(CCC)C(=O)c1ccc(C)c(S(=O)(=O)N(C)C)c1. The van der Waals surface area contributed by atoms with E-state index >= 15 is 0 Å². The number of sulfonamides is 1. The van der Waals surface area contributed by atoms with Gasteiger partial charge in [0.25, 0.3) is 5.91 Å². The van der Waals surface area contributed by atoms with Crippen LogP contribution in [0.4, 0.5) is 0 Å². The van der Waals surface area contributed by atoms with E-state index in [0.717, 1.165) is 12.8 Å². The highest BCUT2D eigenvalue weighted by molar-refractivity contribution is 7.89. The fourth-order valence-corrected chi connectivity index (χ4v) is 3.39. The second kappa shape index (κ2) is 7.74. The summed E-state index contributed by atoms with van der Waals surface area (Å²) in [5.41, 5.74) is 1.07. The van der Waals surface area contributed by atoms with Gasteiger partial charge in [-0.15, -0.1) is 0 Å². The summed E-state index contributed by atoms with van der Waals surface area (Å²) in [5.74, 6) is -0.112. The summed E-state index contributed by atoms with van der Waals surface area (Å²) < 4.78 is 25.9. The van der Waals surface area contributed by atoms with Crippen LogP contribution in [0.3, 0.4) is 0 Å². The lowest BCUT2D eigenvalue weighted by molar-refractivity contribution is 0.0755. The Morgan fingerprint density at radius 2 is 1.64 bits per heavy atom. The summed E-state index contributed by atoms with van der Waals surface area (Å²) in [5, 5.41) is 0. The van der Waals surface area contributed by atoms with Crippen molar-refractivity contribution in [3.8, 4) is 0 Å². The summed E-state index contributed by atoms with van der Waals surface area (Å²) in [7, 11) is -0.572. The minimum Gasteiger partial charge on any atom is -0.339 e. The summed E-state index contributed by atoms with van der Waals surface area (Å²) in [4.78, 5) is 14.6. The Bertz CT molecular complexity index is 618. The lowest BCUT2D eigenvalue weighted by Crippen LogP contribution is -2.32. The first-order valence-corrected chi connectivity index (χ1v) is 9.02. The summed E-state index contributed by atoms with van der Waals surface area (Å²) >= 11 is 0. The quantitative estimate of drug-likeness (QED) is 0.773. The molecule has 0 fully saturated rings. The molecule has 0 saturated heterocycles. The Morgan fingerprint density at radius 3 is 2.09 bits per heavy atom. The van der Waals surface area contributed by atoms with Crippen LogP contribution in [0, 0.1) is 6.92 Å². The molecular formula is C16H26N2O3S. The highest BCUT2D eigenvalue weighted by atomic mass is 32.2. The zero-order chi connectivity index (χ0) is 16.9. The lowest BCUT2D eigenvalue weighted by atomic mass is 10.1. The van der Waals surface area contributed by atoms with Crippen LogP contribution in [0.1, 0.15) is 42.6 Å². The van der Waals surface area contributed by atoms with Crippen molar-refractivity contribution in [3.63, 3.8) is 0 Å². The standard InChI is InChI=1S/C16H26N2O3S/c1-6-10-18(11-7-2)16(19)14-9-8-13(3)15(12-14)22(20,21)17(4)5/h8-9,12H,6-7,10-11H2,1-5H3. The van der Waals surface area contributed by atoms with Crippen LogP contribution in [0.25, 0.3) is 0 Å². The first-order valence-electron chi connectivity index (χ1n) is 7.58. The third-order valence-corrected chi connectivity index (χ3v) is 5.43. The van der Waals surface area contributed by atoms with Gasteiger partial charge in [0.05, 0.1) is 4.90 Å². The van der Waals surface area contributed by atoms with E-state index in [9.17, 15) is 13.2 Å². The van der Waals surface area contributed by atoms with E-state index in [0.29, 0.717) is 24.2 Å². The van der Waals surface area contributed by atoms with Crippen molar-refractivity contribution in [2.24, 2.45) is 0 Å². The van der Waals surface area contributed by atoms with Gasteiger partial charge in [-0.25, -0.2) is 12.7 Å². The Labute approximate surface area is 134 Å². The Hall–Kier alpha value is -1.40. The van der Waals surface area contributed by atoms with Crippen LogP contribution < -0.4 is 0 Å². The average molecular weight is 326 g/mol. The van der Waals surface area contributed by atoms with Crippen LogP contribution >= 0.6 is 0 Å². The van der Waals surface area contributed by atoms with Crippen molar-refractivity contribution in [3.05, 3.63) is 29.3 Å². The number of carbonyl (C=O) groups excluding carboxylic acids is 1. The van der Waals surface area contributed by atoms with Crippen molar-refractivity contribution in [2.75, 3.05) is 27.2 Å². The lowest BCUT2D eigenvalue weighted by Gasteiger charge is -2.22. The van der Waals surface area contributed by atoms with Gasteiger partial charge in [0, 0.05) is 32.7 Å². The van der Waals surface area contributed by atoms with Crippen LogP contribution in [0.2, 0.25) is 0 Å². The highest BCUT2D eigenvalue weighted by Crippen LogP contribution is 2.21. The van der Waals surface area contributed by atoms with Gasteiger partial charge < -0.3 is 4.90 Å². The first-order chi connectivity index (χ1) is 10.3. The van der Waals surface area contributed by atoms with Gasteiger partial charge in [0.15, 0.2) is 0 Å². The second-order valence-electron chi connectivity index (χ2n) is 5.56. The van der Waals surface area contributed by atoms with Crippen molar-refractivity contribution in [1.82, 2.24) is 9.21 Å². The van der Waals surface area contributed by atoms with Crippen molar-refractivity contribution in [1.29, 1.82) is 0 Å². The molecular weight excluding hydrogens is 300 g/mol. The zero-order valence-electron chi connectivity index (χ0n) is 14.1. The van der Waals surface area contributed by atoms with E-state index in [2.05, 4.69) is 0 Å². The molecule has 0 spiro atoms. The third-order valence-electron chi connectivity index (χ3n) is 3.47. The highest BCUT2D eigenvalue weighted by Gasteiger charge is 2.22. The van der Waals surface area contributed by atoms with E-state index in [1.165, 1.54) is 24.5 Å². The molecule has 0 aliphatic carbocycles. The smallest absolute Gasteiger partial charge is 0.253 e. The topological polar surface area (TPSA) is 57.7 Å². The van der Waals surface area contributed by atoms with E-state index in [1.807, 2.05) is 13.8 Å². The van der Waals surface area contributed by atoms with Crippen LogP contribution in [0.15, 0.2) is 23.1 Å². The minimum absolute atomic E-state index is 0.112. The van der Waals surface area contributed by atoms with Gasteiger partial charge in [0.1, 0.15) is 0 Å². The van der Waals surface area contributed by atoms with Crippen LogP contribution in [0.5, 0.6) is 0 Å². The van der Waals surface area contributed by atoms with Crippen LogP contribution in [-0.4, -0.2) is 50.7 Å². The van der Waals surface area contributed by atoms with E-state index in [4.69, 9.17) is 0 Å². The Morgan fingerprint density at radius 1 is 1.09 bits per heavy atom. The van der Waals surface area contributed by atoms with Crippen molar-refractivity contribution >= 4 is 15.9 Å². The van der Waals surface area contributed by atoms with Crippen LogP contribution in [-0.2, 0) is 10.0 Å². The molecule has 1 aromatic rings. The molecule has 0 N–H and O–H groups in total. The van der Waals surface area contributed by atoms with Crippen molar-refractivity contribution < 1.29 is 13.2 Å². The maximum Gasteiger partial charge on any atom is 0.253 e. The van der Waals surface area contributed by atoms with Gasteiger partial charge in [0.2, 0.25) is 10.0 Å². The second-order valence-corrected chi connectivity index (χ2v) is 7.68. The van der Waals surface area contributed by atoms with Gasteiger partial charge >= 0.3 is 0 Å². The summed E-state index contributed by atoms with van der Waals surface area (Å²) in [6, 6.07) is 4.88. The molecule has 124 valence electrons. The molecule has 22 heavy (non-hydrogen) atoms. The molecule has 0 aliphatic rings. The molecule has 0 atom stereocenters. The maximum atomic E-state index is 12.6. The molecule has 0 unspecified atom stereocenters. The van der Waals surface area contributed by atoms with E-state index in [-0.39, 0.29) is 10.8 Å². The number of carbonyl (C=O) groups is 1. The number of aryl methyl sites for hydroxylation is 1. The van der Waals surface area contributed by atoms with Gasteiger partial charge in [-0.05, 0) is 37.5 Å². The third kappa shape index (κ3) is 4.08. The molecule has 0 aromatic heterocycles. The number of rotatable bonds is 7. The largest absolute Gasteiger partial charge is 0.339 e. The molecule has 0 heterocycles. The van der Waals surface area contributed by atoms with Gasteiger partial charge in [-0.2, -0.15) is 0 Å². The minimum atomic E-state index is -3.55. The normalized spacial score (nSPS) is 11.7. The molecule has 6 heteroatoms. The fourth-order valence-electron chi connectivity index (χ4n) is 2.25. The molecule has 0 radical (unpaired) electrons. The summed E-state index contributed by atoms with van der Waals surface area (Å²) in [6.45, 7) is 7.13. The Balaban J connectivity index is 3.25. The fraction of sp³-hybridized carbons (Fsp3) is 0.562. The van der Waals surface area contributed by atoms with E-state index in [1.54, 1.807) is 24.0 Å². The van der Waals surface area contributed by atoms with Gasteiger partial charge in [-0.1, -0.05) is 19.9 Å². The first kappa shape index (κ1) is 18.6. The zero-order valence-corrected chi connectivity index (χ0v) is 14.9. The summed E-state index contributed by atoms with van der Waals surface area (Å²) in [6.07, 6.45) is 1.75. The monoisotopic (exact) mass is 326 g/mol. The molecule has 1 amide bonds. The molecule has 1 rings (SSSR count). The molecule has 0 saturated carbocycles. The number of hydrogen-bond donors (Lipinski definition) is 0. The van der Waals surface area contributed by atoms with E-state index < -0.39 is 10.0 Å². The predicted octanol–water partition coefficient (Wildman–Crippen LogP) is 2.51. The maximum absolute atomic E-state index is 12.6. The number of hydrogen-bond acceptors (Lipinski definition) is 3. The molecule has 1 aromatic carbocycles. The molecule has 5 nitrogen and oxygen atoms in total. The Kier molecular flexibility index (Phi) is 6.56. The number of benzene rings is 1.